The molecule has 2 rings (SSSR count). The molecule has 0 saturated heterocycles. The number of hydrogen-bond acceptors (Lipinski definition) is 3. The zero-order valence-electron chi connectivity index (χ0n) is 10.8. The lowest BCUT2D eigenvalue weighted by Gasteiger charge is -2.12. The Morgan fingerprint density at radius 1 is 1.42 bits per heavy atom. The third-order valence-corrected chi connectivity index (χ3v) is 3.87. The highest BCUT2D eigenvalue weighted by Crippen LogP contribution is 2.28. The standard InChI is InChI=1S/C15H14N2OS/c1-4-14(18)17-10(2)12-5-7-13(8-6-12)15-11(3)16-9-19-15/h1,5-10H,2-3H3,(H,17,18)/t10-/m0/s1. The number of benzene rings is 1. The van der Waals surface area contributed by atoms with Gasteiger partial charge in [0, 0.05) is 0 Å². The Balaban J connectivity index is 2.17. The van der Waals surface area contributed by atoms with Crippen LogP contribution < -0.4 is 5.32 Å². The summed E-state index contributed by atoms with van der Waals surface area (Å²) in [6, 6.07) is 7.97. The number of amides is 1. The van der Waals surface area contributed by atoms with E-state index in [4.69, 9.17) is 6.42 Å². The van der Waals surface area contributed by atoms with Crippen LogP contribution in [-0.2, 0) is 4.79 Å². The van der Waals surface area contributed by atoms with Crippen LogP contribution in [0.2, 0.25) is 0 Å². The second kappa shape index (κ2) is 5.68. The number of terminal acetylenes is 1. The van der Waals surface area contributed by atoms with E-state index in [0.29, 0.717) is 0 Å². The van der Waals surface area contributed by atoms with Crippen molar-refractivity contribution in [2.24, 2.45) is 0 Å². The first-order chi connectivity index (χ1) is 9.11. The van der Waals surface area contributed by atoms with E-state index in [1.165, 1.54) is 4.88 Å². The first-order valence-electron chi connectivity index (χ1n) is 5.89. The molecule has 1 aromatic heterocycles. The molecule has 0 bridgehead atoms. The summed E-state index contributed by atoms with van der Waals surface area (Å²) >= 11 is 1.62. The molecule has 0 fully saturated rings. The molecular formula is C15H14N2OS. The molecule has 1 atom stereocenters. The molecule has 4 heteroatoms. The minimum absolute atomic E-state index is 0.0971. The van der Waals surface area contributed by atoms with Crippen LogP contribution in [0.5, 0.6) is 0 Å². The maximum Gasteiger partial charge on any atom is 0.296 e. The van der Waals surface area contributed by atoms with Crippen LogP contribution >= 0.6 is 11.3 Å². The summed E-state index contributed by atoms with van der Waals surface area (Å²) in [5, 5.41) is 2.73. The van der Waals surface area contributed by atoms with Crippen LogP contribution in [0, 0.1) is 19.3 Å². The van der Waals surface area contributed by atoms with Crippen LogP contribution in [0.1, 0.15) is 24.2 Å². The van der Waals surface area contributed by atoms with Crippen molar-refractivity contribution in [1.29, 1.82) is 0 Å². The van der Waals surface area contributed by atoms with Crippen molar-refractivity contribution in [3.63, 3.8) is 0 Å². The number of carbonyl (C=O) groups is 1. The lowest BCUT2D eigenvalue weighted by Crippen LogP contribution is -2.24. The van der Waals surface area contributed by atoms with E-state index in [1.807, 2.05) is 43.6 Å². The van der Waals surface area contributed by atoms with E-state index in [1.54, 1.807) is 11.3 Å². The molecule has 0 saturated carbocycles. The van der Waals surface area contributed by atoms with Gasteiger partial charge in [-0.25, -0.2) is 4.98 Å². The van der Waals surface area contributed by atoms with E-state index in [0.717, 1.165) is 16.8 Å². The molecule has 1 heterocycles. The fourth-order valence-corrected chi connectivity index (χ4v) is 2.64. The van der Waals surface area contributed by atoms with Crippen molar-refractivity contribution >= 4 is 17.2 Å². The average molecular weight is 270 g/mol. The second-order valence-corrected chi connectivity index (χ2v) is 5.08. The van der Waals surface area contributed by atoms with Crippen molar-refractivity contribution in [3.8, 4) is 22.8 Å². The lowest BCUT2D eigenvalue weighted by atomic mass is 10.0. The summed E-state index contributed by atoms with van der Waals surface area (Å²) < 4.78 is 0. The number of aryl methyl sites for hydroxylation is 1. The molecule has 3 nitrogen and oxygen atoms in total. The molecule has 1 amide bonds. The van der Waals surface area contributed by atoms with Gasteiger partial charge in [0.05, 0.1) is 22.1 Å². The molecule has 19 heavy (non-hydrogen) atoms. The fraction of sp³-hybridized carbons (Fsp3) is 0.200. The molecule has 0 unspecified atom stereocenters. The maximum atomic E-state index is 11.1. The number of rotatable bonds is 3. The van der Waals surface area contributed by atoms with Crippen molar-refractivity contribution in [2.75, 3.05) is 0 Å². The zero-order chi connectivity index (χ0) is 13.8. The Labute approximate surface area is 116 Å². The number of nitrogens with zero attached hydrogens (tertiary/aromatic N) is 1. The topological polar surface area (TPSA) is 42.0 Å². The summed E-state index contributed by atoms with van der Waals surface area (Å²) in [5.74, 6) is 1.66. The Morgan fingerprint density at radius 2 is 2.11 bits per heavy atom. The molecule has 0 radical (unpaired) electrons. The maximum absolute atomic E-state index is 11.1. The zero-order valence-corrected chi connectivity index (χ0v) is 11.6. The highest BCUT2D eigenvalue weighted by Gasteiger charge is 2.09. The summed E-state index contributed by atoms with van der Waals surface area (Å²) in [6.45, 7) is 3.90. The van der Waals surface area contributed by atoms with Gasteiger partial charge < -0.3 is 5.32 Å². The van der Waals surface area contributed by atoms with Gasteiger partial charge in [-0.1, -0.05) is 24.3 Å². The van der Waals surface area contributed by atoms with Crippen molar-refractivity contribution < 1.29 is 4.79 Å². The Morgan fingerprint density at radius 3 is 2.63 bits per heavy atom. The van der Waals surface area contributed by atoms with Crippen molar-refractivity contribution in [1.82, 2.24) is 10.3 Å². The minimum atomic E-state index is -0.394. The largest absolute Gasteiger partial charge is 0.339 e. The van der Waals surface area contributed by atoms with Gasteiger partial charge in [0.2, 0.25) is 0 Å². The van der Waals surface area contributed by atoms with Gasteiger partial charge in [-0.15, -0.1) is 17.8 Å². The van der Waals surface area contributed by atoms with E-state index in [9.17, 15) is 4.79 Å². The van der Waals surface area contributed by atoms with Gasteiger partial charge in [-0.05, 0) is 30.9 Å². The average Bonchev–Trinajstić information content (AvgIpc) is 2.85. The highest BCUT2D eigenvalue weighted by molar-refractivity contribution is 7.13. The molecule has 96 valence electrons. The third kappa shape index (κ3) is 3.01. The molecule has 1 aromatic carbocycles. The molecule has 0 spiro atoms. The van der Waals surface area contributed by atoms with Gasteiger partial charge in [-0.3, -0.25) is 4.79 Å². The van der Waals surface area contributed by atoms with Crippen LogP contribution in [0.3, 0.4) is 0 Å². The highest BCUT2D eigenvalue weighted by atomic mass is 32.1. The predicted octanol–water partition coefficient (Wildman–Crippen LogP) is 2.93. The summed E-state index contributed by atoms with van der Waals surface area (Å²) in [6.07, 6.45) is 5.04. The number of aromatic nitrogens is 1. The predicted molar refractivity (Wildman–Crippen MR) is 77.7 cm³/mol. The normalized spacial score (nSPS) is 11.6. The molecule has 0 aliphatic carbocycles. The summed E-state index contributed by atoms with van der Waals surface area (Å²) in [5.41, 5.74) is 5.04. The van der Waals surface area contributed by atoms with E-state index in [-0.39, 0.29) is 6.04 Å². The van der Waals surface area contributed by atoms with E-state index in [2.05, 4.69) is 16.2 Å². The lowest BCUT2D eigenvalue weighted by molar-refractivity contribution is -0.116. The van der Waals surface area contributed by atoms with Crippen molar-refractivity contribution in [3.05, 3.63) is 41.0 Å². The van der Waals surface area contributed by atoms with Gasteiger partial charge in [0.1, 0.15) is 0 Å². The molecular weight excluding hydrogens is 256 g/mol. The Hall–Kier alpha value is -2.12. The second-order valence-electron chi connectivity index (χ2n) is 4.23. The fourth-order valence-electron chi connectivity index (χ4n) is 1.82. The van der Waals surface area contributed by atoms with Gasteiger partial charge >= 0.3 is 0 Å². The summed E-state index contributed by atoms with van der Waals surface area (Å²) in [7, 11) is 0. The summed E-state index contributed by atoms with van der Waals surface area (Å²) in [4.78, 5) is 16.6. The third-order valence-electron chi connectivity index (χ3n) is 2.90. The van der Waals surface area contributed by atoms with Crippen LogP contribution in [0.4, 0.5) is 0 Å². The molecule has 0 aliphatic heterocycles. The molecule has 0 aliphatic rings. The van der Waals surface area contributed by atoms with E-state index >= 15 is 0 Å². The van der Waals surface area contributed by atoms with Gasteiger partial charge in [0.15, 0.2) is 0 Å². The number of nitrogens with one attached hydrogen (secondary N) is 1. The Bertz CT molecular complexity index is 622. The van der Waals surface area contributed by atoms with Crippen LogP contribution in [0.15, 0.2) is 29.8 Å². The Kier molecular flexibility index (Phi) is 3.98. The van der Waals surface area contributed by atoms with Gasteiger partial charge in [-0.2, -0.15) is 0 Å². The van der Waals surface area contributed by atoms with E-state index < -0.39 is 5.91 Å². The smallest absolute Gasteiger partial charge is 0.296 e. The minimum Gasteiger partial charge on any atom is -0.339 e. The quantitative estimate of drug-likeness (QED) is 0.871. The SMILES string of the molecule is C#CC(=O)N[C@@H](C)c1ccc(-c2scnc2C)cc1. The monoisotopic (exact) mass is 270 g/mol. The van der Waals surface area contributed by atoms with Gasteiger partial charge in [0.25, 0.3) is 5.91 Å². The number of hydrogen-bond donors (Lipinski definition) is 1. The number of thiazole rings is 1. The molecule has 2 aromatic rings. The number of carbonyl (C=O) groups excluding carboxylic acids is 1. The van der Waals surface area contributed by atoms with Crippen molar-refractivity contribution in [2.45, 2.75) is 19.9 Å². The van der Waals surface area contributed by atoms with Crippen LogP contribution in [-0.4, -0.2) is 10.9 Å². The van der Waals surface area contributed by atoms with Crippen LogP contribution in [0.25, 0.3) is 10.4 Å². The molecule has 1 N–H and O–H groups in total. The first-order valence-corrected chi connectivity index (χ1v) is 6.77. The first kappa shape index (κ1) is 13.3.